The van der Waals surface area contributed by atoms with Crippen LogP contribution in [-0.4, -0.2) is 9.38 Å². The first kappa shape index (κ1) is 12.3. The number of hydrogen-bond donors (Lipinski definition) is 0. The van der Waals surface area contributed by atoms with E-state index in [1.165, 1.54) is 12.1 Å². The van der Waals surface area contributed by atoms with Crippen LogP contribution in [0.5, 0.6) is 0 Å². The number of pyridine rings is 1. The van der Waals surface area contributed by atoms with E-state index in [2.05, 4.69) is 20.9 Å². The van der Waals surface area contributed by atoms with Gasteiger partial charge in [-0.15, -0.1) is 0 Å². The molecule has 2 nitrogen and oxygen atoms in total. The second-order valence-corrected chi connectivity index (χ2v) is 5.21. The van der Waals surface area contributed by atoms with Gasteiger partial charge in [0.25, 0.3) is 0 Å². The molecule has 0 unspecified atom stereocenters. The third-order valence-electron chi connectivity index (χ3n) is 2.89. The topological polar surface area (TPSA) is 17.3 Å². The van der Waals surface area contributed by atoms with Crippen molar-refractivity contribution in [2.75, 3.05) is 0 Å². The Morgan fingerprint density at radius 3 is 2.42 bits per heavy atom. The normalized spacial score (nSPS) is 11.2. The summed E-state index contributed by atoms with van der Waals surface area (Å²) >= 11 is 3.44. The molecule has 3 rings (SSSR count). The van der Waals surface area contributed by atoms with Crippen molar-refractivity contribution in [2.45, 2.75) is 6.92 Å². The molecule has 0 atom stereocenters. The van der Waals surface area contributed by atoms with Crippen molar-refractivity contribution in [3.8, 4) is 11.3 Å². The maximum atomic E-state index is 13.2. The minimum atomic E-state index is -0.607. The van der Waals surface area contributed by atoms with Crippen molar-refractivity contribution in [1.29, 1.82) is 0 Å². The first-order valence-corrected chi connectivity index (χ1v) is 6.43. The number of hydrogen-bond acceptors (Lipinski definition) is 1. The predicted molar refractivity (Wildman–Crippen MR) is 73.0 cm³/mol. The zero-order valence-corrected chi connectivity index (χ0v) is 11.6. The van der Waals surface area contributed by atoms with E-state index in [1.807, 2.05) is 23.6 Å². The molecule has 0 amide bonds. The maximum absolute atomic E-state index is 13.2. The van der Waals surface area contributed by atoms with Gasteiger partial charge in [0.05, 0.1) is 5.69 Å². The molecule has 0 spiro atoms. The molecule has 2 heterocycles. The highest BCUT2D eigenvalue weighted by molar-refractivity contribution is 9.10. The fourth-order valence-electron chi connectivity index (χ4n) is 1.95. The Bertz CT molecular complexity index is 721. The van der Waals surface area contributed by atoms with Crippen molar-refractivity contribution >= 4 is 21.6 Å². The molecule has 5 heteroatoms. The number of imidazole rings is 1. The molecule has 0 saturated heterocycles. The van der Waals surface area contributed by atoms with Gasteiger partial charge < -0.3 is 4.40 Å². The summed E-state index contributed by atoms with van der Waals surface area (Å²) < 4.78 is 29.2. The number of aromatic nitrogens is 2. The number of fused-ring (bicyclic) bond motifs is 1. The molecular weight excluding hydrogens is 314 g/mol. The van der Waals surface area contributed by atoms with Gasteiger partial charge in [-0.05, 0) is 46.6 Å². The van der Waals surface area contributed by atoms with Crippen LogP contribution in [-0.2, 0) is 0 Å². The van der Waals surface area contributed by atoms with Crippen LogP contribution in [0.25, 0.3) is 16.9 Å². The summed E-state index contributed by atoms with van der Waals surface area (Å²) in [5.74, 6) is -1.21. The molecule has 1 aromatic carbocycles. The van der Waals surface area contributed by atoms with E-state index in [0.717, 1.165) is 21.7 Å². The monoisotopic (exact) mass is 322 g/mol. The number of aryl methyl sites for hydroxylation is 1. The highest BCUT2D eigenvalue weighted by atomic mass is 79.9. The summed E-state index contributed by atoms with van der Waals surface area (Å²) in [6.07, 6.45) is 3.62. The van der Waals surface area contributed by atoms with Crippen LogP contribution in [0, 0.1) is 18.6 Å². The highest BCUT2D eigenvalue weighted by Crippen LogP contribution is 2.24. The summed E-state index contributed by atoms with van der Waals surface area (Å²) in [7, 11) is 0. The molecular formula is C14H9BrF2N2. The average molecular weight is 323 g/mol. The SMILES string of the molecule is Cc1cc2nc(-c3cc(F)cc(F)c3)cn2cc1Br. The molecule has 0 aliphatic heterocycles. The van der Waals surface area contributed by atoms with Crippen LogP contribution in [0.3, 0.4) is 0 Å². The molecule has 19 heavy (non-hydrogen) atoms. The predicted octanol–water partition coefficient (Wildman–Crippen LogP) is 4.35. The molecule has 0 radical (unpaired) electrons. The fourth-order valence-corrected chi connectivity index (χ4v) is 2.28. The summed E-state index contributed by atoms with van der Waals surface area (Å²) in [6, 6.07) is 5.29. The lowest BCUT2D eigenvalue weighted by Gasteiger charge is -1.98. The standard InChI is InChI=1S/C14H9BrF2N2/c1-8-2-14-18-13(7-19(14)6-12(8)15)9-3-10(16)5-11(17)4-9/h2-7H,1H3. The second-order valence-electron chi connectivity index (χ2n) is 4.35. The lowest BCUT2D eigenvalue weighted by molar-refractivity contribution is 0.584. The minimum absolute atomic E-state index is 0.426. The van der Waals surface area contributed by atoms with Crippen LogP contribution in [0.15, 0.2) is 41.1 Å². The van der Waals surface area contributed by atoms with Gasteiger partial charge in [-0.1, -0.05) is 0 Å². The van der Waals surface area contributed by atoms with Crippen molar-refractivity contribution in [3.63, 3.8) is 0 Å². The Kier molecular flexibility index (Phi) is 2.86. The highest BCUT2D eigenvalue weighted by Gasteiger charge is 2.08. The Labute approximate surface area is 116 Å². The molecule has 0 N–H and O–H groups in total. The number of benzene rings is 1. The molecule has 3 aromatic rings. The summed E-state index contributed by atoms with van der Waals surface area (Å²) in [4.78, 5) is 4.38. The maximum Gasteiger partial charge on any atom is 0.137 e. The summed E-state index contributed by atoms with van der Waals surface area (Å²) in [6.45, 7) is 1.96. The first-order valence-electron chi connectivity index (χ1n) is 5.64. The van der Waals surface area contributed by atoms with Gasteiger partial charge in [0.15, 0.2) is 0 Å². The van der Waals surface area contributed by atoms with E-state index < -0.39 is 11.6 Å². The van der Waals surface area contributed by atoms with Crippen molar-refractivity contribution in [1.82, 2.24) is 9.38 Å². The summed E-state index contributed by atoms with van der Waals surface area (Å²) in [5, 5.41) is 0. The van der Waals surface area contributed by atoms with Crippen LogP contribution >= 0.6 is 15.9 Å². The van der Waals surface area contributed by atoms with Crippen molar-refractivity contribution < 1.29 is 8.78 Å². The van der Waals surface area contributed by atoms with Gasteiger partial charge in [0, 0.05) is 28.5 Å². The van der Waals surface area contributed by atoms with Gasteiger partial charge in [-0.3, -0.25) is 0 Å². The zero-order chi connectivity index (χ0) is 13.6. The molecule has 0 saturated carbocycles. The van der Waals surface area contributed by atoms with Gasteiger partial charge in [-0.2, -0.15) is 0 Å². The molecule has 2 aromatic heterocycles. The number of halogens is 3. The van der Waals surface area contributed by atoms with Crippen molar-refractivity contribution in [3.05, 3.63) is 58.3 Å². The second kappa shape index (κ2) is 4.42. The zero-order valence-electron chi connectivity index (χ0n) is 9.99. The fraction of sp³-hybridized carbons (Fsp3) is 0.0714. The third-order valence-corrected chi connectivity index (χ3v) is 3.72. The lowest BCUT2D eigenvalue weighted by atomic mass is 10.1. The van der Waals surface area contributed by atoms with Crippen LogP contribution < -0.4 is 0 Å². The smallest absolute Gasteiger partial charge is 0.137 e. The van der Waals surface area contributed by atoms with E-state index in [1.54, 1.807) is 6.20 Å². The Hall–Kier alpha value is -1.75. The lowest BCUT2D eigenvalue weighted by Crippen LogP contribution is -1.85. The Balaban J connectivity index is 2.20. The van der Waals surface area contributed by atoms with Crippen LogP contribution in [0.2, 0.25) is 0 Å². The van der Waals surface area contributed by atoms with Crippen LogP contribution in [0.4, 0.5) is 8.78 Å². The Morgan fingerprint density at radius 1 is 1.05 bits per heavy atom. The quantitative estimate of drug-likeness (QED) is 0.651. The van der Waals surface area contributed by atoms with Crippen LogP contribution in [0.1, 0.15) is 5.56 Å². The molecule has 0 aliphatic carbocycles. The van der Waals surface area contributed by atoms with Gasteiger partial charge in [0.1, 0.15) is 17.3 Å². The van der Waals surface area contributed by atoms with E-state index in [-0.39, 0.29) is 0 Å². The van der Waals surface area contributed by atoms with Gasteiger partial charge >= 0.3 is 0 Å². The van der Waals surface area contributed by atoms with E-state index in [0.29, 0.717) is 11.3 Å². The number of rotatable bonds is 1. The molecule has 0 bridgehead atoms. The largest absolute Gasteiger partial charge is 0.305 e. The van der Waals surface area contributed by atoms with E-state index in [9.17, 15) is 8.78 Å². The molecule has 0 aliphatic rings. The minimum Gasteiger partial charge on any atom is -0.305 e. The molecule has 0 fully saturated rings. The number of nitrogens with zero attached hydrogens (tertiary/aromatic N) is 2. The third kappa shape index (κ3) is 2.26. The first-order chi connectivity index (χ1) is 9.02. The van der Waals surface area contributed by atoms with Crippen molar-refractivity contribution in [2.24, 2.45) is 0 Å². The Morgan fingerprint density at radius 2 is 1.74 bits per heavy atom. The van der Waals surface area contributed by atoms with Gasteiger partial charge in [0.2, 0.25) is 0 Å². The average Bonchev–Trinajstić information content (AvgIpc) is 2.71. The van der Waals surface area contributed by atoms with E-state index >= 15 is 0 Å². The van der Waals surface area contributed by atoms with Gasteiger partial charge in [-0.25, -0.2) is 13.8 Å². The van der Waals surface area contributed by atoms with E-state index in [4.69, 9.17) is 0 Å². The summed E-state index contributed by atoms with van der Waals surface area (Å²) in [5.41, 5.74) is 2.75. The molecule has 96 valence electrons.